The third-order valence-electron chi connectivity index (χ3n) is 3.34. The smallest absolute Gasteiger partial charge is 0.416 e. The van der Waals surface area contributed by atoms with E-state index in [1.165, 1.54) is 6.07 Å². The van der Waals surface area contributed by atoms with E-state index in [1.807, 2.05) is 36.4 Å². The Morgan fingerprint density at radius 1 is 1.00 bits per heavy atom. The van der Waals surface area contributed by atoms with Gasteiger partial charge in [-0.1, -0.05) is 42.5 Å². The van der Waals surface area contributed by atoms with Gasteiger partial charge >= 0.3 is 6.18 Å². The van der Waals surface area contributed by atoms with E-state index in [2.05, 4.69) is 0 Å². The molecular formula is C18H13F3O. The predicted octanol–water partition coefficient (Wildman–Crippen LogP) is 5.19. The minimum Gasteiger partial charge on any atom is -0.482 e. The van der Waals surface area contributed by atoms with Gasteiger partial charge in [-0.05, 0) is 35.9 Å². The van der Waals surface area contributed by atoms with Crippen molar-refractivity contribution in [2.75, 3.05) is 0 Å². The van der Waals surface area contributed by atoms with Crippen LogP contribution in [0.5, 0.6) is 5.75 Å². The Labute approximate surface area is 126 Å². The van der Waals surface area contributed by atoms with Crippen LogP contribution in [-0.2, 0) is 6.18 Å². The zero-order valence-corrected chi connectivity index (χ0v) is 11.5. The van der Waals surface area contributed by atoms with Gasteiger partial charge in [0.15, 0.2) is 0 Å². The molecule has 0 saturated heterocycles. The molecule has 3 rings (SSSR count). The van der Waals surface area contributed by atoms with Gasteiger partial charge in [-0.2, -0.15) is 13.2 Å². The first-order valence-electron chi connectivity index (χ1n) is 6.82. The van der Waals surface area contributed by atoms with Crippen molar-refractivity contribution >= 4 is 12.2 Å². The zero-order chi connectivity index (χ0) is 15.6. The van der Waals surface area contributed by atoms with Crippen LogP contribution in [0.15, 0.2) is 60.7 Å². The first kappa shape index (κ1) is 14.4. The maximum Gasteiger partial charge on any atom is 0.416 e. The SMILES string of the molecule is FC(F)(F)c1cccc(/C=C/[C@H]2C=Cc3ccccc3O2)c1. The molecule has 112 valence electrons. The largest absolute Gasteiger partial charge is 0.482 e. The minimum absolute atomic E-state index is 0.288. The molecular weight excluding hydrogens is 289 g/mol. The topological polar surface area (TPSA) is 9.23 Å². The lowest BCUT2D eigenvalue weighted by Gasteiger charge is -2.18. The molecule has 0 unspecified atom stereocenters. The second kappa shape index (κ2) is 5.72. The molecule has 0 aromatic heterocycles. The number of hydrogen-bond acceptors (Lipinski definition) is 1. The molecule has 0 bridgehead atoms. The fourth-order valence-corrected chi connectivity index (χ4v) is 2.24. The van der Waals surface area contributed by atoms with Crippen LogP contribution in [0.3, 0.4) is 0 Å². The standard InChI is InChI=1S/C18H13F3O/c19-18(20,21)15-6-3-4-13(12-15)8-10-16-11-9-14-5-1-2-7-17(14)22-16/h1-12,16H/b10-8+/t16-/m0/s1. The third-order valence-corrected chi connectivity index (χ3v) is 3.34. The van der Waals surface area contributed by atoms with E-state index in [0.29, 0.717) is 5.56 Å². The highest BCUT2D eigenvalue weighted by molar-refractivity contribution is 5.61. The van der Waals surface area contributed by atoms with Crippen molar-refractivity contribution in [3.8, 4) is 5.75 Å². The first-order chi connectivity index (χ1) is 10.5. The number of halogens is 3. The Morgan fingerprint density at radius 2 is 1.82 bits per heavy atom. The average molecular weight is 302 g/mol. The van der Waals surface area contributed by atoms with Crippen LogP contribution in [0.4, 0.5) is 13.2 Å². The summed E-state index contributed by atoms with van der Waals surface area (Å²) in [5.41, 5.74) is 0.831. The molecule has 2 aromatic rings. The number of ether oxygens (including phenoxy) is 1. The van der Waals surface area contributed by atoms with Crippen LogP contribution in [0.25, 0.3) is 12.2 Å². The van der Waals surface area contributed by atoms with E-state index in [-0.39, 0.29) is 6.10 Å². The number of alkyl halides is 3. The Hall–Kier alpha value is -2.49. The van der Waals surface area contributed by atoms with Gasteiger partial charge in [-0.25, -0.2) is 0 Å². The van der Waals surface area contributed by atoms with Gasteiger partial charge in [0.25, 0.3) is 0 Å². The van der Waals surface area contributed by atoms with Gasteiger partial charge in [-0.3, -0.25) is 0 Å². The van der Waals surface area contributed by atoms with Crippen molar-refractivity contribution in [2.24, 2.45) is 0 Å². The summed E-state index contributed by atoms with van der Waals surface area (Å²) in [5.74, 6) is 0.767. The Morgan fingerprint density at radius 3 is 2.64 bits per heavy atom. The normalized spacial score (nSPS) is 17.3. The quantitative estimate of drug-likeness (QED) is 0.741. The molecule has 0 spiro atoms. The van der Waals surface area contributed by atoms with E-state index < -0.39 is 11.7 Å². The van der Waals surface area contributed by atoms with Crippen molar-refractivity contribution in [2.45, 2.75) is 12.3 Å². The maximum atomic E-state index is 12.7. The Balaban J connectivity index is 1.76. The number of para-hydroxylation sites is 1. The number of hydrogen-bond donors (Lipinski definition) is 0. The van der Waals surface area contributed by atoms with Crippen LogP contribution >= 0.6 is 0 Å². The molecule has 4 heteroatoms. The summed E-state index contributed by atoms with van der Waals surface area (Å²) in [7, 11) is 0. The molecule has 0 N–H and O–H groups in total. The lowest BCUT2D eigenvalue weighted by molar-refractivity contribution is -0.137. The molecule has 1 aliphatic rings. The van der Waals surface area contributed by atoms with Crippen LogP contribution in [0.2, 0.25) is 0 Å². The molecule has 0 amide bonds. The molecule has 1 atom stereocenters. The first-order valence-corrected chi connectivity index (χ1v) is 6.82. The number of benzene rings is 2. The van der Waals surface area contributed by atoms with Gasteiger partial charge < -0.3 is 4.74 Å². The Bertz CT molecular complexity index is 729. The highest BCUT2D eigenvalue weighted by atomic mass is 19.4. The van der Waals surface area contributed by atoms with Crippen LogP contribution in [-0.4, -0.2) is 6.10 Å². The minimum atomic E-state index is -4.33. The highest BCUT2D eigenvalue weighted by Gasteiger charge is 2.30. The van der Waals surface area contributed by atoms with Crippen LogP contribution < -0.4 is 4.74 Å². The van der Waals surface area contributed by atoms with E-state index in [9.17, 15) is 13.2 Å². The summed E-state index contributed by atoms with van der Waals surface area (Å²) in [6.07, 6.45) is 2.57. The Kier molecular flexibility index (Phi) is 3.75. The van der Waals surface area contributed by atoms with Crippen LogP contribution in [0.1, 0.15) is 16.7 Å². The van der Waals surface area contributed by atoms with E-state index in [4.69, 9.17) is 4.74 Å². The average Bonchev–Trinajstić information content (AvgIpc) is 2.52. The molecule has 1 aliphatic heterocycles. The fourth-order valence-electron chi connectivity index (χ4n) is 2.24. The third kappa shape index (κ3) is 3.22. The zero-order valence-electron chi connectivity index (χ0n) is 11.5. The molecule has 2 aromatic carbocycles. The highest BCUT2D eigenvalue weighted by Crippen LogP contribution is 2.30. The van der Waals surface area contributed by atoms with Crippen molar-refractivity contribution < 1.29 is 17.9 Å². The summed E-state index contributed by atoms with van der Waals surface area (Å²) in [5, 5.41) is 0. The van der Waals surface area contributed by atoms with Crippen molar-refractivity contribution in [3.05, 3.63) is 77.4 Å². The van der Waals surface area contributed by atoms with Gasteiger partial charge in [0.1, 0.15) is 11.9 Å². The van der Waals surface area contributed by atoms with Crippen molar-refractivity contribution in [1.29, 1.82) is 0 Å². The second-order valence-electron chi connectivity index (χ2n) is 4.96. The summed E-state index contributed by atoms with van der Waals surface area (Å²) in [6.45, 7) is 0. The monoisotopic (exact) mass is 302 g/mol. The molecule has 0 fully saturated rings. The second-order valence-corrected chi connectivity index (χ2v) is 4.96. The summed E-state index contributed by atoms with van der Waals surface area (Å²) >= 11 is 0. The summed E-state index contributed by atoms with van der Waals surface area (Å²) in [6, 6.07) is 12.8. The van der Waals surface area contributed by atoms with Gasteiger partial charge in [-0.15, -0.1) is 0 Å². The molecule has 22 heavy (non-hydrogen) atoms. The molecule has 1 nitrogen and oxygen atoms in total. The maximum absolute atomic E-state index is 12.7. The fraction of sp³-hybridized carbons (Fsp3) is 0.111. The molecule has 1 heterocycles. The van der Waals surface area contributed by atoms with E-state index >= 15 is 0 Å². The lowest BCUT2D eigenvalue weighted by Crippen LogP contribution is -2.13. The van der Waals surface area contributed by atoms with Crippen LogP contribution in [0, 0.1) is 0 Å². The summed E-state index contributed by atoms with van der Waals surface area (Å²) in [4.78, 5) is 0. The lowest BCUT2D eigenvalue weighted by atomic mass is 10.1. The molecule has 0 aliphatic carbocycles. The van der Waals surface area contributed by atoms with Gasteiger partial charge in [0.05, 0.1) is 5.56 Å². The summed E-state index contributed by atoms with van der Waals surface area (Å²) < 4.78 is 43.8. The van der Waals surface area contributed by atoms with Crippen molar-refractivity contribution in [1.82, 2.24) is 0 Å². The van der Waals surface area contributed by atoms with Crippen molar-refractivity contribution in [3.63, 3.8) is 0 Å². The number of fused-ring (bicyclic) bond motifs is 1. The number of rotatable bonds is 2. The molecule has 0 saturated carbocycles. The van der Waals surface area contributed by atoms with Gasteiger partial charge in [0.2, 0.25) is 0 Å². The van der Waals surface area contributed by atoms with E-state index in [1.54, 1.807) is 18.2 Å². The molecule has 0 radical (unpaired) electrons. The van der Waals surface area contributed by atoms with E-state index in [0.717, 1.165) is 23.4 Å². The van der Waals surface area contributed by atoms with Gasteiger partial charge in [0, 0.05) is 5.56 Å². The predicted molar refractivity (Wildman–Crippen MR) is 80.4 cm³/mol.